The Bertz CT molecular complexity index is 426. The molecule has 0 atom stereocenters. The normalized spacial score (nSPS) is 14.4. The van der Waals surface area contributed by atoms with Crippen molar-refractivity contribution in [2.75, 3.05) is 17.2 Å². The van der Waals surface area contributed by atoms with Gasteiger partial charge in [0.25, 0.3) is 0 Å². The number of benzene rings is 1. The van der Waals surface area contributed by atoms with Crippen molar-refractivity contribution in [3.63, 3.8) is 0 Å². The van der Waals surface area contributed by atoms with Gasteiger partial charge in [0.2, 0.25) is 5.91 Å². The molecule has 1 aromatic carbocycles. The van der Waals surface area contributed by atoms with Crippen molar-refractivity contribution in [2.24, 2.45) is 0 Å². The molecule has 1 aliphatic rings. The van der Waals surface area contributed by atoms with E-state index in [9.17, 15) is 4.79 Å². The van der Waals surface area contributed by atoms with E-state index in [0.717, 1.165) is 30.8 Å². The molecule has 0 aliphatic carbocycles. The molecule has 84 valence electrons. The summed E-state index contributed by atoms with van der Waals surface area (Å²) in [6.07, 6.45) is 4.04. The molecule has 0 bridgehead atoms. The predicted octanol–water partition coefficient (Wildman–Crippen LogP) is 2.12. The molecule has 1 aromatic rings. The fourth-order valence-electron chi connectivity index (χ4n) is 2.11. The van der Waals surface area contributed by atoms with Gasteiger partial charge in [-0.1, -0.05) is 6.08 Å². The van der Waals surface area contributed by atoms with E-state index in [1.54, 1.807) is 6.08 Å². The number of carbonyl (C=O) groups excluding carboxylic acids is 1. The van der Waals surface area contributed by atoms with Gasteiger partial charge in [-0.2, -0.15) is 0 Å². The van der Waals surface area contributed by atoms with Crippen LogP contribution in [0.4, 0.5) is 11.4 Å². The highest BCUT2D eigenvalue weighted by molar-refractivity contribution is 5.95. The number of nitrogen functional groups attached to an aromatic ring is 1. The minimum Gasteiger partial charge on any atom is -0.399 e. The highest BCUT2D eigenvalue weighted by atomic mass is 16.2. The molecule has 0 saturated heterocycles. The smallest absolute Gasteiger partial charge is 0.230 e. The lowest BCUT2D eigenvalue weighted by atomic mass is 10.0. The first-order valence-corrected chi connectivity index (χ1v) is 5.52. The molecular weight excluding hydrogens is 200 g/mol. The maximum Gasteiger partial charge on any atom is 0.230 e. The lowest BCUT2D eigenvalue weighted by molar-refractivity contribution is -0.117. The maximum absolute atomic E-state index is 11.9. The van der Waals surface area contributed by atoms with E-state index in [0.29, 0.717) is 6.42 Å². The summed E-state index contributed by atoms with van der Waals surface area (Å²) in [5.74, 6) is 0.112. The Kier molecular flexibility index (Phi) is 2.95. The highest BCUT2D eigenvalue weighted by Crippen LogP contribution is 2.29. The molecule has 3 heteroatoms. The number of amides is 1. The first-order valence-electron chi connectivity index (χ1n) is 5.52. The molecular formula is C13H16N2O. The summed E-state index contributed by atoms with van der Waals surface area (Å²) in [6, 6.07) is 5.74. The third kappa shape index (κ3) is 1.94. The molecule has 0 spiro atoms. The van der Waals surface area contributed by atoms with Crippen molar-refractivity contribution in [1.29, 1.82) is 0 Å². The van der Waals surface area contributed by atoms with Crippen LogP contribution < -0.4 is 10.6 Å². The second-order valence-electron chi connectivity index (χ2n) is 4.03. The standard InChI is InChI=1S/C13H16N2O/c1-2-4-13(16)15-8-3-5-10-9-11(14)6-7-12(10)15/h2,6-7,9H,1,3-5,8,14H2. The Hall–Kier alpha value is -1.77. The van der Waals surface area contributed by atoms with Crippen molar-refractivity contribution in [2.45, 2.75) is 19.3 Å². The molecule has 0 aromatic heterocycles. The van der Waals surface area contributed by atoms with Crippen LogP contribution in [-0.2, 0) is 11.2 Å². The number of rotatable bonds is 2. The van der Waals surface area contributed by atoms with Gasteiger partial charge in [-0.15, -0.1) is 6.58 Å². The van der Waals surface area contributed by atoms with Crippen LogP contribution in [0.15, 0.2) is 30.9 Å². The molecule has 2 rings (SSSR count). The van der Waals surface area contributed by atoms with Crippen LogP contribution in [0.5, 0.6) is 0 Å². The lowest BCUT2D eigenvalue weighted by Crippen LogP contribution is -2.35. The average molecular weight is 216 g/mol. The van der Waals surface area contributed by atoms with E-state index in [2.05, 4.69) is 6.58 Å². The number of fused-ring (bicyclic) bond motifs is 1. The molecule has 3 nitrogen and oxygen atoms in total. The molecule has 0 fully saturated rings. The summed E-state index contributed by atoms with van der Waals surface area (Å²) in [6.45, 7) is 4.39. The van der Waals surface area contributed by atoms with Gasteiger partial charge in [-0.05, 0) is 36.6 Å². The van der Waals surface area contributed by atoms with Crippen molar-refractivity contribution in [3.8, 4) is 0 Å². The maximum atomic E-state index is 11.9. The minimum absolute atomic E-state index is 0.112. The number of carbonyl (C=O) groups is 1. The molecule has 0 unspecified atom stereocenters. The van der Waals surface area contributed by atoms with Crippen molar-refractivity contribution in [1.82, 2.24) is 0 Å². The Morgan fingerprint density at radius 1 is 1.56 bits per heavy atom. The third-order valence-corrected chi connectivity index (χ3v) is 2.84. The summed E-state index contributed by atoms with van der Waals surface area (Å²) in [7, 11) is 0. The molecule has 0 radical (unpaired) electrons. The van der Waals surface area contributed by atoms with E-state index in [4.69, 9.17) is 5.73 Å². The van der Waals surface area contributed by atoms with Crippen molar-refractivity contribution in [3.05, 3.63) is 36.4 Å². The fourth-order valence-corrected chi connectivity index (χ4v) is 2.11. The zero-order valence-corrected chi connectivity index (χ0v) is 9.28. The lowest BCUT2D eigenvalue weighted by Gasteiger charge is -2.29. The van der Waals surface area contributed by atoms with E-state index in [1.165, 1.54) is 5.56 Å². The van der Waals surface area contributed by atoms with Crippen LogP contribution in [-0.4, -0.2) is 12.5 Å². The van der Waals surface area contributed by atoms with Gasteiger partial charge in [-0.25, -0.2) is 0 Å². The van der Waals surface area contributed by atoms with Crippen molar-refractivity contribution >= 4 is 17.3 Å². The van der Waals surface area contributed by atoms with Crippen LogP contribution in [0, 0.1) is 0 Å². The summed E-state index contributed by atoms with van der Waals surface area (Å²) in [5, 5.41) is 0. The summed E-state index contributed by atoms with van der Waals surface area (Å²) >= 11 is 0. The molecule has 16 heavy (non-hydrogen) atoms. The molecule has 0 saturated carbocycles. The van der Waals surface area contributed by atoms with Crippen LogP contribution in [0.25, 0.3) is 0 Å². The molecule has 2 N–H and O–H groups in total. The number of anilines is 2. The Balaban J connectivity index is 2.32. The predicted molar refractivity (Wildman–Crippen MR) is 66.3 cm³/mol. The monoisotopic (exact) mass is 216 g/mol. The van der Waals surface area contributed by atoms with Gasteiger partial charge in [0, 0.05) is 24.3 Å². The Labute approximate surface area is 95.6 Å². The third-order valence-electron chi connectivity index (χ3n) is 2.84. The van der Waals surface area contributed by atoms with E-state index in [1.807, 2.05) is 23.1 Å². The topological polar surface area (TPSA) is 46.3 Å². The first kappa shape index (κ1) is 10.7. The van der Waals surface area contributed by atoms with Crippen LogP contribution in [0.3, 0.4) is 0 Å². The zero-order chi connectivity index (χ0) is 11.5. The quantitative estimate of drug-likeness (QED) is 0.608. The number of nitrogens with two attached hydrogens (primary N) is 1. The second-order valence-corrected chi connectivity index (χ2v) is 4.03. The number of nitrogens with zero attached hydrogens (tertiary/aromatic N) is 1. The summed E-state index contributed by atoms with van der Waals surface area (Å²) < 4.78 is 0. The Morgan fingerprint density at radius 2 is 2.38 bits per heavy atom. The molecule has 1 aliphatic heterocycles. The van der Waals surface area contributed by atoms with Crippen LogP contribution in [0.2, 0.25) is 0 Å². The fraction of sp³-hybridized carbons (Fsp3) is 0.308. The van der Waals surface area contributed by atoms with Gasteiger partial charge >= 0.3 is 0 Å². The largest absolute Gasteiger partial charge is 0.399 e. The number of aryl methyl sites for hydroxylation is 1. The average Bonchev–Trinajstić information content (AvgIpc) is 2.28. The highest BCUT2D eigenvalue weighted by Gasteiger charge is 2.21. The number of hydrogen-bond donors (Lipinski definition) is 1. The van der Waals surface area contributed by atoms with E-state index < -0.39 is 0 Å². The van der Waals surface area contributed by atoms with Gasteiger partial charge in [-0.3, -0.25) is 4.79 Å². The van der Waals surface area contributed by atoms with Crippen LogP contribution in [0.1, 0.15) is 18.4 Å². The Morgan fingerprint density at radius 3 is 3.12 bits per heavy atom. The number of hydrogen-bond acceptors (Lipinski definition) is 2. The van der Waals surface area contributed by atoms with E-state index >= 15 is 0 Å². The molecule has 1 amide bonds. The van der Waals surface area contributed by atoms with Gasteiger partial charge in [0.05, 0.1) is 0 Å². The summed E-state index contributed by atoms with van der Waals surface area (Å²) in [5.41, 5.74) is 8.68. The van der Waals surface area contributed by atoms with Gasteiger partial charge in [0.1, 0.15) is 0 Å². The summed E-state index contributed by atoms with van der Waals surface area (Å²) in [4.78, 5) is 13.7. The molecule has 1 heterocycles. The first-order chi connectivity index (χ1) is 7.72. The van der Waals surface area contributed by atoms with Gasteiger partial charge in [0.15, 0.2) is 0 Å². The second kappa shape index (κ2) is 4.39. The zero-order valence-electron chi connectivity index (χ0n) is 9.28. The minimum atomic E-state index is 0.112. The van der Waals surface area contributed by atoms with Crippen molar-refractivity contribution < 1.29 is 4.79 Å². The van der Waals surface area contributed by atoms with Gasteiger partial charge < -0.3 is 10.6 Å². The van der Waals surface area contributed by atoms with E-state index in [-0.39, 0.29) is 5.91 Å². The van der Waals surface area contributed by atoms with Crippen LogP contribution >= 0.6 is 0 Å². The SMILES string of the molecule is C=CCC(=O)N1CCCc2cc(N)ccc21.